The molecule has 1 heterocycles. The summed E-state index contributed by atoms with van der Waals surface area (Å²) >= 11 is 6.02. The first-order valence-electron chi connectivity index (χ1n) is 11.3. The quantitative estimate of drug-likeness (QED) is 0.643. The first kappa shape index (κ1) is 24.0. The number of piperidine rings is 1. The van der Waals surface area contributed by atoms with E-state index in [1.807, 2.05) is 39.8 Å². The van der Waals surface area contributed by atoms with Crippen LogP contribution in [0.15, 0.2) is 24.3 Å². The molecule has 0 unspecified atom stereocenters. The molecule has 31 heavy (non-hydrogen) atoms. The normalized spacial score (nSPS) is 29.1. The number of halogens is 1. The van der Waals surface area contributed by atoms with Gasteiger partial charge in [0.1, 0.15) is 6.04 Å². The number of carbonyl (C=O) groups excluding carboxylic acids is 2. The van der Waals surface area contributed by atoms with Gasteiger partial charge in [-0.05, 0) is 49.3 Å². The Morgan fingerprint density at radius 1 is 1.23 bits per heavy atom. The van der Waals surface area contributed by atoms with E-state index >= 15 is 0 Å². The number of nitrogens with zero attached hydrogens (tertiary/aromatic N) is 1. The van der Waals surface area contributed by atoms with Crippen molar-refractivity contribution < 1.29 is 14.7 Å². The fraction of sp³-hybridized carbons (Fsp3) is 0.667. The van der Waals surface area contributed by atoms with E-state index in [0.29, 0.717) is 31.0 Å². The summed E-state index contributed by atoms with van der Waals surface area (Å²) in [5.74, 6) is -0.311. The van der Waals surface area contributed by atoms with Crippen molar-refractivity contribution in [2.24, 2.45) is 23.0 Å². The van der Waals surface area contributed by atoms with Crippen molar-refractivity contribution in [3.8, 4) is 0 Å². The topological polar surface area (TPSA) is 95.7 Å². The Morgan fingerprint density at radius 2 is 1.87 bits per heavy atom. The fourth-order valence-corrected chi connectivity index (χ4v) is 5.13. The first-order chi connectivity index (χ1) is 14.4. The molecule has 0 aromatic heterocycles. The Labute approximate surface area is 190 Å². The van der Waals surface area contributed by atoms with E-state index in [1.54, 1.807) is 17.0 Å². The summed E-state index contributed by atoms with van der Waals surface area (Å²) in [6.07, 6.45) is 2.72. The van der Waals surface area contributed by atoms with E-state index in [0.717, 1.165) is 18.4 Å². The molecular weight excluding hydrogens is 414 g/mol. The molecule has 1 aromatic carbocycles. The van der Waals surface area contributed by atoms with E-state index in [9.17, 15) is 14.7 Å². The Hall–Kier alpha value is -1.63. The second kappa shape index (κ2) is 9.08. The van der Waals surface area contributed by atoms with Crippen LogP contribution < -0.4 is 11.1 Å². The largest absolute Gasteiger partial charge is 0.384 e. The van der Waals surface area contributed by atoms with Crippen molar-refractivity contribution in [1.29, 1.82) is 0 Å². The molecule has 172 valence electrons. The molecule has 1 aromatic rings. The zero-order valence-corrected chi connectivity index (χ0v) is 19.8. The molecule has 6 nitrogen and oxygen atoms in total. The smallest absolute Gasteiger partial charge is 0.245 e. The zero-order chi connectivity index (χ0) is 23.0. The number of nitrogens with two attached hydrogens (primary N) is 1. The van der Waals surface area contributed by atoms with Crippen LogP contribution in [0.3, 0.4) is 0 Å². The summed E-state index contributed by atoms with van der Waals surface area (Å²) in [6.45, 7) is 8.67. The number of hydrogen-bond donors (Lipinski definition) is 3. The molecule has 2 aliphatic rings. The van der Waals surface area contributed by atoms with E-state index in [2.05, 4.69) is 5.32 Å². The van der Waals surface area contributed by atoms with Crippen molar-refractivity contribution >= 4 is 23.4 Å². The molecule has 2 amide bonds. The second-order valence-corrected chi connectivity index (χ2v) is 10.7. The van der Waals surface area contributed by atoms with Gasteiger partial charge in [-0.2, -0.15) is 0 Å². The average molecular weight is 450 g/mol. The summed E-state index contributed by atoms with van der Waals surface area (Å²) < 4.78 is 0. The highest BCUT2D eigenvalue weighted by Crippen LogP contribution is 2.46. The number of hydrogen-bond acceptors (Lipinski definition) is 4. The molecular formula is C24H36ClN3O3. The molecule has 7 heteroatoms. The van der Waals surface area contributed by atoms with Crippen molar-refractivity contribution in [2.45, 2.75) is 71.1 Å². The minimum Gasteiger partial charge on any atom is -0.384 e. The number of carbonyl (C=O) groups is 2. The van der Waals surface area contributed by atoms with Crippen LogP contribution in [-0.2, 0) is 15.2 Å². The van der Waals surface area contributed by atoms with Gasteiger partial charge in [0.25, 0.3) is 0 Å². The van der Waals surface area contributed by atoms with Crippen LogP contribution in [0.5, 0.6) is 0 Å². The lowest BCUT2D eigenvalue weighted by Gasteiger charge is -2.51. The predicted octanol–water partition coefficient (Wildman–Crippen LogP) is 3.05. The molecule has 0 spiro atoms. The van der Waals surface area contributed by atoms with Gasteiger partial charge in [-0.25, -0.2) is 0 Å². The van der Waals surface area contributed by atoms with E-state index in [-0.39, 0.29) is 29.7 Å². The Morgan fingerprint density at radius 3 is 2.39 bits per heavy atom. The van der Waals surface area contributed by atoms with Gasteiger partial charge in [0.15, 0.2) is 0 Å². The maximum Gasteiger partial charge on any atom is 0.245 e. The predicted molar refractivity (Wildman–Crippen MR) is 122 cm³/mol. The van der Waals surface area contributed by atoms with Gasteiger partial charge in [0.2, 0.25) is 11.8 Å². The number of amides is 2. The minimum atomic E-state index is -1.06. The molecule has 2 fully saturated rings. The van der Waals surface area contributed by atoms with Crippen LogP contribution in [-0.4, -0.2) is 47.0 Å². The van der Waals surface area contributed by atoms with Crippen LogP contribution >= 0.6 is 11.6 Å². The van der Waals surface area contributed by atoms with Crippen LogP contribution in [0, 0.1) is 17.3 Å². The highest BCUT2D eigenvalue weighted by atomic mass is 35.5. The van der Waals surface area contributed by atoms with Crippen molar-refractivity contribution in [1.82, 2.24) is 10.2 Å². The molecule has 4 N–H and O–H groups in total. The highest BCUT2D eigenvalue weighted by molar-refractivity contribution is 6.30. The highest BCUT2D eigenvalue weighted by Gasteiger charge is 2.50. The van der Waals surface area contributed by atoms with Crippen LogP contribution in [0.2, 0.25) is 5.02 Å². The van der Waals surface area contributed by atoms with Gasteiger partial charge in [0.05, 0.1) is 5.60 Å². The van der Waals surface area contributed by atoms with Crippen LogP contribution in [0.25, 0.3) is 0 Å². The van der Waals surface area contributed by atoms with Crippen LogP contribution in [0.1, 0.15) is 58.9 Å². The van der Waals surface area contributed by atoms with Gasteiger partial charge in [-0.1, -0.05) is 51.4 Å². The first-order valence-corrected chi connectivity index (χ1v) is 11.7. The Balaban J connectivity index is 1.72. The van der Waals surface area contributed by atoms with E-state index < -0.39 is 17.1 Å². The maximum atomic E-state index is 13.4. The third-order valence-electron chi connectivity index (χ3n) is 7.16. The van der Waals surface area contributed by atoms with Crippen LogP contribution in [0.4, 0.5) is 0 Å². The zero-order valence-electron chi connectivity index (χ0n) is 19.0. The SMILES string of the molecule is CC(C)[C@@H](NC(=O)[C@@H]1CC[C@@H](N)C1)C(=O)N1CC[C@](O)(c2ccc(Cl)cc2)C(C)(C)C1. The summed E-state index contributed by atoms with van der Waals surface area (Å²) in [5.41, 5.74) is 5.13. The summed E-state index contributed by atoms with van der Waals surface area (Å²) in [5, 5.41) is 15.2. The number of nitrogens with one attached hydrogen (secondary N) is 1. The number of benzene rings is 1. The molecule has 1 aliphatic heterocycles. The number of aliphatic hydroxyl groups is 1. The lowest BCUT2D eigenvalue weighted by atomic mass is 9.66. The molecule has 0 radical (unpaired) electrons. The Kier molecular flexibility index (Phi) is 7.04. The van der Waals surface area contributed by atoms with Gasteiger partial charge < -0.3 is 21.1 Å². The summed E-state index contributed by atoms with van der Waals surface area (Å²) in [6, 6.07) is 6.75. The van der Waals surface area contributed by atoms with E-state index in [1.165, 1.54) is 0 Å². The standard InChI is InChI=1S/C24H36ClN3O3/c1-15(2)20(27-21(29)16-5-10-19(26)13-16)22(30)28-12-11-24(31,23(3,4)14-28)17-6-8-18(25)9-7-17/h6-9,15-16,19-20,31H,5,10-14,26H2,1-4H3,(H,27,29)/t16-,19-,20-,24+/m1/s1. The summed E-state index contributed by atoms with van der Waals surface area (Å²) in [4.78, 5) is 28.0. The third-order valence-corrected chi connectivity index (χ3v) is 7.41. The molecule has 4 atom stereocenters. The number of rotatable bonds is 5. The monoisotopic (exact) mass is 449 g/mol. The maximum absolute atomic E-state index is 13.4. The molecule has 1 aliphatic carbocycles. The fourth-order valence-electron chi connectivity index (χ4n) is 5.01. The molecule has 1 saturated heterocycles. The van der Waals surface area contributed by atoms with Crippen molar-refractivity contribution in [3.05, 3.63) is 34.9 Å². The summed E-state index contributed by atoms with van der Waals surface area (Å²) in [7, 11) is 0. The van der Waals surface area contributed by atoms with Gasteiger partial charge in [0, 0.05) is 35.5 Å². The van der Waals surface area contributed by atoms with Crippen molar-refractivity contribution in [3.63, 3.8) is 0 Å². The van der Waals surface area contributed by atoms with Gasteiger partial charge in [-0.3, -0.25) is 9.59 Å². The average Bonchev–Trinajstić information content (AvgIpc) is 3.14. The van der Waals surface area contributed by atoms with Gasteiger partial charge >= 0.3 is 0 Å². The number of likely N-dealkylation sites (tertiary alicyclic amines) is 1. The Bertz CT molecular complexity index is 811. The van der Waals surface area contributed by atoms with E-state index in [4.69, 9.17) is 17.3 Å². The van der Waals surface area contributed by atoms with Gasteiger partial charge in [-0.15, -0.1) is 0 Å². The molecule has 0 bridgehead atoms. The molecule has 3 rings (SSSR count). The lowest BCUT2D eigenvalue weighted by molar-refractivity contribution is -0.157. The second-order valence-electron chi connectivity index (χ2n) is 10.3. The molecule has 1 saturated carbocycles. The lowest BCUT2D eigenvalue weighted by Crippen LogP contribution is -2.60. The third kappa shape index (κ3) is 4.91. The minimum absolute atomic E-state index is 0.0354. The van der Waals surface area contributed by atoms with Crippen molar-refractivity contribution in [2.75, 3.05) is 13.1 Å².